The van der Waals surface area contributed by atoms with Crippen LogP contribution < -0.4 is 78.9 Å². The van der Waals surface area contributed by atoms with Gasteiger partial charge in [0.15, 0.2) is 38.2 Å². The summed E-state index contributed by atoms with van der Waals surface area (Å²) in [6.45, 7) is 25.7. The number of hydrogen-bond donors (Lipinski definition) is 0. The lowest BCUT2D eigenvalue weighted by Gasteiger charge is -2.06. The molecule has 0 unspecified atom stereocenters. The minimum absolute atomic E-state index is 0. The van der Waals surface area contributed by atoms with Crippen LogP contribution >= 0.6 is 0 Å². The molecule has 0 fully saturated rings. The van der Waals surface area contributed by atoms with E-state index in [9.17, 15) is 14.4 Å². The number of halogens is 3. The molecule has 0 spiro atoms. The zero-order valence-corrected chi connectivity index (χ0v) is 52.6. The fourth-order valence-corrected chi connectivity index (χ4v) is 8.64. The Bertz CT molecular complexity index is 1730. The summed E-state index contributed by atoms with van der Waals surface area (Å²) >= 11 is 0. The Morgan fingerprint density at radius 1 is 0.360 bits per heavy atom. The lowest BCUT2D eigenvalue weighted by molar-refractivity contribution is -0.701. The number of aryl methyl sites for hydroxylation is 6. The van der Waals surface area contributed by atoms with E-state index in [1.165, 1.54) is 192 Å². The van der Waals surface area contributed by atoms with E-state index in [1.54, 1.807) is 0 Å². The van der Waals surface area contributed by atoms with Crippen LogP contribution in [0, 0.1) is 20.8 Å². The summed E-state index contributed by atoms with van der Waals surface area (Å²) in [4.78, 5) is 34.4. The monoisotopic (exact) mass is 1230 g/mol. The first-order valence-electron chi connectivity index (χ1n) is 28.6. The van der Waals surface area contributed by atoms with Crippen molar-refractivity contribution >= 4 is 17.9 Å². The fourth-order valence-electron chi connectivity index (χ4n) is 8.64. The molecule has 0 atom stereocenters. The number of carbonyl (C=O) groups is 3. The zero-order valence-electron chi connectivity index (χ0n) is 47.8. The molecular weight excluding hydrogens is 1130 g/mol. The number of aromatic nitrogens is 3. The molecule has 9 nitrogen and oxygen atoms in total. The van der Waals surface area contributed by atoms with Crippen LogP contribution in [0.2, 0.25) is 0 Å². The van der Waals surface area contributed by atoms with Crippen LogP contribution in [0.4, 0.5) is 0 Å². The number of hydrogen-bond acceptors (Lipinski definition) is 6. The Morgan fingerprint density at radius 3 is 0.733 bits per heavy atom. The van der Waals surface area contributed by atoms with E-state index in [-0.39, 0.29) is 50.9 Å². The van der Waals surface area contributed by atoms with Crippen molar-refractivity contribution in [2.24, 2.45) is 0 Å². The van der Waals surface area contributed by atoms with Gasteiger partial charge in [-0.2, -0.15) is 13.7 Å². The van der Waals surface area contributed by atoms with Gasteiger partial charge < -0.3 is 65.2 Å². The molecule has 75 heavy (non-hydrogen) atoms. The van der Waals surface area contributed by atoms with Crippen LogP contribution in [0.3, 0.4) is 0 Å². The maximum atomic E-state index is 11.5. The summed E-state index contributed by atoms with van der Waals surface area (Å²) in [5, 5.41) is 0. The minimum atomic E-state index is -0.402. The van der Waals surface area contributed by atoms with Crippen molar-refractivity contribution < 1.29 is 93.2 Å². The molecule has 0 aromatic carbocycles. The second-order valence-electron chi connectivity index (χ2n) is 19.5. The maximum Gasteiger partial charge on any atom is 0.378 e. The number of pyridine rings is 3. The molecule has 0 bridgehead atoms. The van der Waals surface area contributed by atoms with Gasteiger partial charge in [-0.1, -0.05) is 195 Å². The predicted molar refractivity (Wildman–Crippen MR) is 297 cm³/mol. The molecule has 3 rings (SSSR count). The Hall–Kier alpha value is -3.48. The molecule has 0 saturated carbocycles. The van der Waals surface area contributed by atoms with Crippen molar-refractivity contribution in [3.8, 4) is 17.6 Å². The number of rotatable bonds is 39. The van der Waals surface area contributed by atoms with Crippen LogP contribution in [0.25, 0.3) is 0 Å². The van der Waals surface area contributed by atoms with E-state index in [1.807, 2.05) is 89.5 Å². The maximum absolute atomic E-state index is 11.5. The molecule has 0 radical (unpaired) electrons. The van der Waals surface area contributed by atoms with E-state index in [4.69, 9.17) is 14.2 Å². The van der Waals surface area contributed by atoms with Crippen LogP contribution in [-0.2, 0) is 34.0 Å². The topological polar surface area (TPSA) is 90.5 Å². The fraction of sp³-hybridized carbons (Fsp3) is 0.619. The van der Waals surface area contributed by atoms with E-state index in [0.717, 1.165) is 55.6 Å². The largest absolute Gasteiger partial charge is 1.00 e. The van der Waals surface area contributed by atoms with Crippen LogP contribution in [0.5, 0.6) is 17.6 Å². The minimum Gasteiger partial charge on any atom is -1.00 e. The molecule has 426 valence electrons. The molecule has 0 amide bonds. The van der Waals surface area contributed by atoms with Gasteiger partial charge in [-0.25, -0.2) is 14.4 Å². The summed E-state index contributed by atoms with van der Waals surface area (Å²) in [7, 11) is 0. The van der Waals surface area contributed by atoms with Gasteiger partial charge in [0.05, 0.1) is 16.7 Å². The summed E-state index contributed by atoms with van der Waals surface area (Å²) < 4.78 is 22.2. The first-order chi connectivity index (χ1) is 35.1. The number of carbonyl (C=O) groups excluding carboxylic acids is 3. The van der Waals surface area contributed by atoms with Crippen molar-refractivity contribution in [2.45, 2.75) is 254 Å². The van der Waals surface area contributed by atoms with Crippen molar-refractivity contribution in [2.75, 3.05) is 0 Å². The highest BCUT2D eigenvalue weighted by Crippen LogP contribution is 2.17. The van der Waals surface area contributed by atoms with Crippen molar-refractivity contribution in [3.05, 3.63) is 110 Å². The van der Waals surface area contributed by atoms with Gasteiger partial charge in [-0.15, -0.1) is 0 Å². The number of ether oxygens (including phenoxy) is 3. The van der Waals surface area contributed by atoms with Gasteiger partial charge in [-0.05, 0) is 58.2 Å². The van der Waals surface area contributed by atoms with Gasteiger partial charge in [0, 0.05) is 55.7 Å². The highest BCUT2D eigenvalue weighted by Gasteiger charge is 2.20. The number of nitrogens with zero attached hydrogens (tertiary/aromatic N) is 3. The van der Waals surface area contributed by atoms with E-state index >= 15 is 0 Å². The molecule has 3 aromatic heterocycles. The van der Waals surface area contributed by atoms with Gasteiger partial charge in [0.25, 0.3) is 0 Å². The second-order valence-corrected chi connectivity index (χ2v) is 19.5. The summed E-state index contributed by atoms with van der Waals surface area (Å²) in [5.74, 6) is 0.707. The molecule has 0 N–H and O–H groups in total. The van der Waals surface area contributed by atoms with Gasteiger partial charge in [-0.3, -0.25) is 0 Å². The Labute approximate surface area is 489 Å². The van der Waals surface area contributed by atoms with Crippen LogP contribution in [0.1, 0.15) is 230 Å². The first kappa shape index (κ1) is 75.8. The van der Waals surface area contributed by atoms with Crippen molar-refractivity contribution in [1.29, 1.82) is 0 Å². The molecular formula is C63H102Br3N3O6. The quantitative estimate of drug-likeness (QED) is 0.0268. The lowest BCUT2D eigenvalue weighted by atomic mass is 10.1. The summed E-state index contributed by atoms with van der Waals surface area (Å²) in [6, 6.07) is 11.9. The van der Waals surface area contributed by atoms with Gasteiger partial charge >= 0.3 is 35.5 Å². The smallest absolute Gasteiger partial charge is 0.378 e. The average molecular weight is 1240 g/mol. The predicted octanol–water partition coefficient (Wildman–Crippen LogP) is 6.90. The SMILES string of the molecule is C=CC(=O)Oc1c(C)ccc[n+]1CCCCCCCCCCCC.C=CC(=O)Oc1c(C)ccc[n+]1CCCCCCCCCCCC.C=CC(=O)Oc1c(C)ccc[n+]1CCCCCCCCCCCC.[Br-].[Br-].[Br-]. The standard InChI is InChI=1S/3C21H34NO2.3BrH/c3*1-4-6-7-8-9-10-11-12-13-14-17-22-18-15-16-19(3)21(22)24-20(23)5-2;;;/h3*5,15-16,18H,2,4,6-14,17H2,1,3H3;3*1H/q3*+1;;;/p-3. The van der Waals surface area contributed by atoms with E-state index in [2.05, 4.69) is 40.5 Å². The number of esters is 3. The second kappa shape index (κ2) is 52.6. The highest BCUT2D eigenvalue weighted by molar-refractivity contribution is 5.83. The highest BCUT2D eigenvalue weighted by atomic mass is 79.9. The zero-order chi connectivity index (χ0) is 52.9. The van der Waals surface area contributed by atoms with Crippen molar-refractivity contribution in [1.82, 2.24) is 0 Å². The number of unbranched alkanes of at least 4 members (excludes halogenated alkanes) is 27. The molecule has 0 aliphatic heterocycles. The van der Waals surface area contributed by atoms with E-state index < -0.39 is 17.9 Å². The molecule has 12 heteroatoms. The summed E-state index contributed by atoms with van der Waals surface area (Å²) in [5.41, 5.74) is 2.92. The third-order valence-corrected chi connectivity index (χ3v) is 13.0. The van der Waals surface area contributed by atoms with Gasteiger partial charge in [0.2, 0.25) is 0 Å². The third kappa shape index (κ3) is 38.7. The molecule has 3 aromatic rings. The Morgan fingerprint density at radius 2 is 0.547 bits per heavy atom. The molecule has 0 aliphatic carbocycles. The average Bonchev–Trinajstić information content (AvgIpc) is 3.38. The van der Waals surface area contributed by atoms with Crippen LogP contribution in [-0.4, -0.2) is 17.9 Å². The van der Waals surface area contributed by atoms with Gasteiger partial charge in [0.1, 0.15) is 0 Å². The summed E-state index contributed by atoms with van der Waals surface area (Å²) in [6.07, 6.45) is 49.2. The third-order valence-electron chi connectivity index (χ3n) is 13.0. The Balaban J connectivity index is -0.00000102. The Kier molecular flexibility index (Phi) is 53.1. The molecule has 0 saturated heterocycles. The lowest BCUT2D eigenvalue weighted by Crippen LogP contribution is -3.00. The first-order valence-corrected chi connectivity index (χ1v) is 28.6. The van der Waals surface area contributed by atoms with E-state index in [0.29, 0.717) is 17.6 Å². The molecule has 0 aliphatic rings. The normalized spacial score (nSPS) is 10.2. The van der Waals surface area contributed by atoms with Crippen LogP contribution in [0.15, 0.2) is 93.0 Å². The van der Waals surface area contributed by atoms with Crippen molar-refractivity contribution in [3.63, 3.8) is 0 Å². The molecule has 3 heterocycles.